The van der Waals surface area contributed by atoms with E-state index in [1.165, 1.54) is 4.31 Å². The van der Waals surface area contributed by atoms with E-state index in [-0.39, 0.29) is 12.5 Å². The smallest absolute Gasteiger partial charge is 0.255 e. The van der Waals surface area contributed by atoms with Gasteiger partial charge in [-0.3, -0.25) is 9.10 Å². The summed E-state index contributed by atoms with van der Waals surface area (Å²) in [5, 5.41) is 5.24. The van der Waals surface area contributed by atoms with Crippen LogP contribution in [0.3, 0.4) is 0 Å². The highest BCUT2D eigenvalue weighted by atomic mass is 35.5. The van der Waals surface area contributed by atoms with E-state index < -0.39 is 10.0 Å². The lowest BCUT2D eigenvalue weighted by Crippen LogP contribution is -2.29. The second-order valence-electron chi connectivity index (χ2n) is 8.18. The fraction of sp³-hybridized carbons (Fsp3) is 0.0741. The molecule has 0 saturated heterocycles. The van der Waals surface area contributed by atoms with Crippen LogP contribution in [-0.2, 0) is 16.6 Å². The molecule has 0 fully saturated rings. The third-order valence-electron chi connectivity index (χ3n) is 5.70. The normalized spacial score (nSPS) is 11.6. The standard InChI is InChI=1S/C27H21ClN2O4S/c1-35(32,33)30(24-8-4-3-7-23(24)28)17-18-10-12-19(13-11-18)27(31)29-20-14-15-22-21-6-2-5-9-25(21)34-26(22)16-20/h2-16H,17H2,1H3,(H,29,31). The molecule has 0 spiro atoms. The molecule has 5 rings (SSSR count). The zero-order valence-corrected chi connectivity index (χ0v) is 20.3. The van der Waals surface area contributed by atoms with Crippen LogP contribution >= 0.6 is 11.6 Å². The monoisotopic (exact) mass is 504 g/mol. The van der Waals surface area contributed by atoms with Gasteiger partial charge in [0.2, 0.25) is 10.0 Å². The molecule has 0 aliphatic rings. The van der Waals surface area contributed by atoms with E-state index in [1.54, 1.807) is 54.6 Å². The van der Waals surface area contributed by atoms with E-state index in [1.807, 2.05) is 36.4 Å². The first-order valence-corrected chi connectivity index (χ1v) is 13.1. The number of benzene rings is 4. The number of para-hydroxylation sites is 2. The second kappa shape index (κ2) is 9.09. The van der Waals surface area contributed by atoms with Crippen LogP contribution in [0.25, 0.3) is 21.9 Å². The van der Waals surface area contributed by atoms with Crippen LogP contribution in [0.2, 0.25) is 5.02 Å². The third kappa shape index (κ3) is 4.73. The number of carbonyl (C=O) groups is 1. The largest absolute Gasteiger partial charge is 0.456 e. The highest BCUT2D eigenvalue weighted by molar-refractivity contribution is 7.92. The average Bonchev–Trinajstić information content (AvgIpc) is 3.20. The van der Waals surface area contributed by atoms with Crippen molar-refractivity contribution in [3.05, 3.63) is 107 Å². The van der Waals surface area contributed by atoms with Gasteiger partial charge < -0.3 is 9.73 Å². The Labute approximate surface area is 207 Å². The molecule has 0 aliphatic carbocycles. The maximum atomic E-state index is 12.8. The number of fused-ring (bicyclic) bond motifs is 3. The van der Waals surface area contributed by atoms with Gasteiger partial charge in [-0.1, -0.05) is 54.1 Å². The van der Waals surface area contributed by atoms with Crippen LogP contribution in [0, 0.1) is 0 Å². The lowest BCUT2D eigenvalue weighted by atomic mass is 10.1. The summed E-state index contributed by atoms with van der Waals surface area (Å²) in [7, 11) is -3.57. The number of anilines is 2. The molecule has 5 aromatic rings. The minimum Gasteiger partial charge on any atom is -0.456 e. The van der Waals surface area contributed by atoms with E-state index in [4.69, 9.17) is 16.0 Å². The molecule has 1 aromatic heterocycles. The minimum absolute atomic E-state index is 0.0905. The summed E-state index contributed by atoms with van der Waals surface area (Å²) < 4.78 is 32.0. The van der Waals surface area contributed by atoms with Crippen molar-refractivity contribution in [2.75, 3.05) is 15.9 Å². The fourth-order valence-corrected chi connectivity index (χ4v) is 5.16. The summed E-state index contributed by atoms with van der Waals surface area (Å²) in [5.74, 6) is -0.280. The van der Waals surface area contributed by atoms with Gasteiger partial charge in [0.25, 0.3) is 5.91 Å². The maximum Gasteiger partial charge on any atom is 0.255 e. The molecule has 35 heavy (non-hydrogen) atoms. The summed E-state index contributed by atoms with van der Waals surface area (Å²) in [6, 6.07) is 26.9. The number of halogens is 1. The molecule has 1 amide bonds. The Balaban J connectivity index is 1.34. The summed E-state index contributed by atoms with van der Waals surface area (Å²) in [6.45, 7) is 0.0905. The van der Waals surface area contributed by atoms with Crippen molar-refractivity contribution < 1.29 is 17.6 Å². The minimum atomic E-state index is -3.57. The Bertz CT molecular complexity index is 1660. The highest BCUT2D eigenvalue weighted by Crippen LogP contribution is 2.31. The van der Waals surface area contributed by atoms with Gasteiger partial charge in [0.05, 0.1) is 23.5 Å². The Morgan fingerprint density at radius 3 is 2.31 bits per heavy atom. The molecular formula is C27H21ClN2O4S. The average molecular weight is 505 g/mol. The van der Waals surface area contributed by atoms with Gasteiger partial charge >= 0.3 is 0 Å². The zero-order chi connectivity index (χ0) is 24.6. The summed E-state index contributed by atoms with van der Waals surface area (Å²) in [6.07, 6.45) is 1.14. The third-order valence-corrected chi connectivity index (χ3v) is 7.15. The fourth-order valence-electron chi connectivity index (χ4n) is 3.97. The summed E-state index contributed by atoms with van der Waals surface area (Å²) in [5.41, 5.74) is 3.67. The molecule has 176 valence electrons. The number of carbonyl (C=O) groups excluding carboxylic acids is 1. The molecular weight excluding hydrogens is 484 g/mol. The number of furan rings is 1. The van der Waals surface area contributed by atoms with E-state index in [0.717, 1.165) is 28.2 Å². The van der Waals surface area contributed by atoms with Gasteiger partial charge in [0, 0.05) is 28.1 Å². The van der Waals surface area contributed by atoms with E-state index in [0.29, 0.717) is 27.5 Å². The van der Waals surface area contributed by atoms with Crippen LogP contribution in [0.1, 0.15) is 15.9 Å². The topological polar surface area (TPSA) is 79.6 Å². The summed E-state index contributed by atoms with van der Waals surface area (Å²) >= 11 is 6.23. The van der Waals surface area contributed by atoms with Crippen LogP contribution in [0.4, 0.5) is 11.4 Å². The Morgan fingerprint density at radius 2 is 1.57 bits per heavy atom. The number of rotatable bonds is 6. The first kappa shape index (κ1) is 23.0. The van der Waals surface area contributed by atoms with Gasteiger partial charge in [-0.05, 0) is 48.0 Å². The van der Waals surface area contributed by atoms with Crippen molar-refractivity contribution in [1.29, 1.82) is 0 Å². The van der Waals surface area contributed by atoms with E-state index in [9.17, 15) is 13.2 Å². The Hall–Kier alpha value is -3.81. The molecule has 4 aromatic carbocycles. The number of hydrogen-bond acceptors (Lipinski definition) is 4. The van der Waals surface area contributed by atoms with Crippen molar-refractivity contribution in [3.63, 3.8) is 0 Å². The Kier molecular flexibility index (Phi) is 5.96. The quantitative estimate of drug-likeness (QED) is 0.288. The molecule has 8 heteroatoms. The number of amides is 1. The van der Waals surface area contributed by atoms with E-state index >= 15 is 0 Å². The SMILES string of the molecule is CS(=O)(=O)N(Cc1ccc(C(=O)Nc2ccc3c(c2)oc2ccccc23)cc1)c1ccccc1Cl. The first-order chi connectivity index (χ1) is 16.8. The van der Waals surface area contributed by atoms with Gasteiger partial charge in [-0.15, -0.1) is 0 Å². The first-order valence-electron chi connectivity index (χ1n) is 10.8. The van der Waals surface area contributed by atoms with Crippen LogP contribution in [0.5, 0.6) is 0 Å². The maximum absolute atomic E-state index is 12.8. The second-order valence-corrected chi connectivity index (χ2v) is 10.5. The summed E-state index contributed by atoms with van der Waals surface area (Å²) in [4.78, 5) is 12.8. The predicted molar refractivity (Wildman–Crippen MR) is 141 cm³/mol. The molecule has 0 atom stereocenters. The van der Waals surface area contributed by atoms with E-state index in [2.05, 4.69) is 5.32 Å². The molecule has 1 N–H and O–H groups in total. The Morgan fingerprint density at radius 1 is 0.886 bits per heavy atom. The van der Waals surface area contributed by atoms with Crippen molar-refractivity contribution >= 4 is 60.8 Å². The number of hydrogen-bond donors (Lipinski definition) is 1. The van der Waals surface area contributed by atoms with Crippen molar-refractivity contribution in [2.45, 2.75) is 6.54 Å². The number of nitrogens with zero attached hydrogens (tertiary/aromatic N) is 1. The predicted octanol–water partition coefficient (Wildman–Crippen LogP) is 6.46. The van der Waals surface area contributed by atoms with Crippen molar-refractivity contribution in [1.82, 2.24) is 0 Å². The van der Waals surface area contributed by atoms with Crippen molar-refractivity contribution in [3.8, 4) is 0 Å². The molecule has 0 radical (unpaired) electrons. The number of sulfonamides is 1. The van der Waals surface area contributed by atoms with Gasteiger partial charge in [-0.2, -0.15) is 0 Å². The van der Waals surface area contributed by atoms with Gasteiger partial charge in [0.1, 0.15) is 11.2 Å². The number of nitrogens with one attached hydrogen (secondary N) is 1. The highest BCUT2D eigenvalue weighted by Gasteiger charge is 2.20. The molecule has 0 aliphatic heterocycles. The molecule has 0 unspecified atom stereocenters. The lowest BCUT2D eigenvalue weighted by molar-refractivity contribution is 0.102. The zero-order valence-electron chi connectivity index (χ0n) is 18.7. The van der Waals surface area contributed by atoms with Crippen LogP contribution < -0.4 is 9.62 Å². The van der Waals surface area contributed by atoms with Gasteiger partial charge in [0.15, 0.2) is 0 Å². The lowest BCUT2D eigenvalue weighted by Gasteiger charge is -2.23. The molecule has 1 heterocycles. The molecule has 0 bridgehead atoms. The van der Waals surface area contributed by atoms with Crippen molar-refractivity contribution in [2.24, 2.45) is 0 Å². The van der Waals surface area contributed by atoms with Crippen LogP contribution in [-0.4, -0.2) is 20.6 Å². The van der Waals surface area contributed by atoms with Crippen LogP contribution in [0.15, 0.2) is 95.4 Å². The molecule has 0 saturated carbocycles. The molecule has 6 nitrogen and oxygen atoms in total. The van der Waals surface area contributed by atoms with Gasteiger partial charge in [-0.25, -0.2) is 8.42 Å².